The average molecular weight is 288 g/mol. The van der Waals surface area contributed by atoms with Crippen molar-refractivity contribution in [2.45, 2.75) is 39.8 Å². The lowest BCUT2D eigenvalue weighted by Crippen LogP contribution is -2.32. The summed E-state index contributed by atoms with van der Waals surface area (Å²) in [6.45, 7) is 7.16. The maximum atomic E-state index is 5.88. The molecule has 1 atom stereocenters. The van der Waals surface area contributed by atoms with E-state index in [-0.39, 0.29) is 6.04 Å². The first-order chi connectivity index (χ1) is 10.1. The van der Waals surface area contributed by atoms with Crippen LogP contribution < -0.4 is 16.0 Å². The standard InChI is InChI=1S/C16H24N4O/c1-5-9-20-16(13(21-4)10-18-20)15(19-17)14-11(2)7-6-8-12(14)3/h6-8,10,15,19H,5,9,17H2,1-4H3. The molecule has 0 saturated carbocycles. The third kappa shape index (κ3) is 2.94. The van der Waals surface area contributed by atoms with Crippen molar-refractivity contribution in [3.8, 4) is 5.75 Å². The van der Waals surface area contributed by atoms with Gasteiger partial charge >= 0.3 is 0 Å². The smallest absolute Gasteiger partial charge is 0.161 e. The highest BCUT2D eigenvalue weighted by molar-refractivity contribution is 5.43. The molecule has 5 heteroatoms. The minimum atomic E-state index is -0.143. The van der Waals surface area contributed by atoms with Crippen LogP contribution in [0.15, 0.2) is 24.4 Å². The van der Waals surface area contributed by atoms with Crippen LogP contribution in [0, 0.1) is 13.8 Å². The van der Waals surface area contributed by atoms with Crippen molar-refractivity contribution < 1.29 is 4.74 Å². The van der Waals surface area contributed by atoms with E-state index in [0.29, 0.717) is 0 Å². The molecule has 0 bridgehead atoms. The van der Waals surface area contributed by atoms with Gasteiger partial charge in [0.15, 0.2) is 5.75 Å². The number of aromatic nitrogens is 2. The van der Waals surface area contributed by atoms with Crippen LogP contribution in [0.1, 0.15) is 41.8 Å². The minimum Gasteiger partial charge on any atom is -0.493 e. The highest BCUT2D eigenvalue weighted by atomic mass is 16.5. The van der Waals surface area contributed by atoms with Crippen molar-refractivity contribution in [3.63, 3.8) is 0 Å². The molecule has 1 aromatic carbocycles. The molecule has 1 heterocycles. The topological polar surface area (TPSA) is 65.1 Å². The lowest BCUT2D eigenvalue weighted by atomic mass is 9.94. The Balaban J connectivity index is 2.58. The van der Waals surface area contributed by atoms with Crippen LogP contribution in [0.3, 0.4) is 0 Å². The largest absolute Gasteiger partial charge is 0.493 e. The van der Waals surface area contributed by atoms with Crippen molar-refractivity contribution in [1.29, 1.82) is 0 Å². The van der Waals surface area contributed by atoms with Gasteiger partial charge in [-0.25, -0.2) is 5.43 Å². The number of ether oxygens (including phenoxy) is 1. The van der Waals surface area contributed by atoms with Gasteiger partial charge in [0.05, 0.1) is 19.3 Å². The molecule has 0 aliphatic rings. The van der Waals surface area contributed by atoms with E-state index in [0.717, 1.165) is 24.4 Å². The SMILES string of the molecule is CCCn1ncc(OC)c1C(NN)c1c(C)cccc1C. The summed E-state index contributed by atoms with van der Waals surface area (Å²) in [6, 6.07) is 6.11. The van der Waals surface area contributed by atoms with Gasteiger partial charge in [0.25, 0.3) is 0 Å². The number of nitrogens with zero attached hydrogens (tertiary/aromatic N) is 2. The Kier molecular flexibility index (Phi) is 4.98. The van der Waals surface area contributed by atoms with Gasteiger partial charge in [-0.1, -0.05) is 25.1 Å². The zero-order valence-electron chi connectivity index (χ0n) is 13.2. The molecule has 2 aromatic rings. The summed E-state index contributed by atoms with van der Waals surface area (Å²) in [7, 11) is 1.66. The summed E-state index contributed by atoms with van der Waals surface area (Å²) in [5.41, 5.74) is 7.48. The first-order valence-corrected chi connectivity index (χ1v) is 7.25. The molecule has 0 spiro atoms. The normalized spacial score (nSPS) is 12.4. The molecular weight excluding hydrogens is 264 g/mol. The van der Waals surface area contributed by atoms with E-state index in [4.69, 9.17) is 10.6 Å². The zero-order valence-corrected chi connectivity index (χ0v) is 13.2. The first-order valence-electron chi connectivity index (χ1n) is 7.25. The number of hydrogen-bond acceptors (Lipinski definition) is 4. The molecule has 0 saturated heterocycles. The van der Waals surface area contributed by atoms with E-state index >= 15 is 0 Å². The Labute approximate surface area is 126 Å². The fourth-order valence-electron chi connectivity index (χ4n) is 2.80. The second-order valence-electron chi connectivity index (χ2n) is 5.23. The molecule has 21 heavy (non-hydrogen) atoms. The van der Waals surface area contributed by atoms with E-state index in [1.807, 2.05) is 4.68 Å². The summed E-state index contributed by atoms with van der Waals surface area (Å²) in [6.07, 6.45) is 2.75. The van der Waals surface area contributed by atoms with E-state index in [1.54, 1.807) is 13.3 Å². The molecule has 2 rings (SSSR count). The number of nitrogens with two attached hydrogens (primary N) is 1. The van der Waals surface area contributed by atoms with E-state index in [2.05, 4.69) is 49.5 Å². The van der Waals surface area contributed by atoms with Gasteiger partial charge in [-0.05, 0) is 37.0 Å². The monoisotopic (exact) mass is 288 g/mol. The number of hydrogen-bond donors (Lipinski definition) is 2. The van der Waals surface area contributed by atoms with Crippen LogP contribution in [0.4, 0.5) is 0 Å². The second-order valence-corrected chi connectivity index (χ2v) is 5.23. The Morgan fingerprint density at radius 1 is 1.33 bits per heavy atom. The molecule has 0 radical (unpaired) electrons. The molecule has 5 nitrogen and oxygen atoms in total. The molecule has 0 amide bonds. The summed E-state index contributed by atoms with van der Waals surface area (Å²) in [4.78, 5) is 0. The van der Waals surface area contributed by atoms with Crippen LogP contribution in [-0.4, -0.2) is 16.9 Å². The number of hydrazine groups is 1. The van der Waals surface area contributed by atoms with E-state index in [1.165, 1.54) is 16.7 Å². The van der Waals surface area contributed by atoms with Crippen molar-refractivity contribution in [2.75, 3.05) is 7.11 Å². The third-order valence-corrected chi connectivity index (χ3v) is 3.77. The van der Waals surface area contributed by atoms with Crippen LogP contribution in [-0.2, 0) is 6.54 Å². The molecule has 0 aliphatic heterocycles. The summed E-state index contributed by atoms with van der Waals surface area (Å²) in [5, 5.41) is 4.43. The fourth-order valence-corrected chi connectivity index (χ4v) is 2.80. The summed E-state index contributed by atoms with van der Waals surface area (Å²) < 4.78 is 7.44. The molecule has 114 valence electrons. The van der Waals surface area contributed by atoms with Gasteiger partial charge in [0, 0.05) is 6.54 Å². The lowest BCUT2D eigenvalue weighted by Gasteiger charge is -2.23. The Hall–Kier alpha value is -1.85. The predicted molar refractivity (Wildman–Crippen MR) is 84.2 cm³/mol. The van der Waals surface area contributed by atoms with Crippen LogP contribution in [0.2, 0.25) is 0 Å². The molecular formula is C16H24N4O. The van der Waals surface area contributed by atoms with Gasteiger partial charge < -0.3 is 4.74 Å². The maximum Gasteiger partial charge on any atom is 0.161 e. The van der Waals surface area contributed by atoms with Gasteiger partial charge in [-0.2, -0.15) is 5.10 Å². The second kappa shape index (κ2) is 6.74. The Morgan fingerprint density at radius 2 is 2.00 bits per heavy atom. The summed E-state index contributed by atoms with van der Waals surface area (Å²) >= 11 is 0. The fraction of sp³-hybridized carbons (Fsp3) is 0.438. The average Bonchev–Trinajstić information content (AvgIpc) is 2.86. The molecule has 1 aromatic heterocycles. The van der Waals surface area contributed by atoms with Crippen molar-refractivity contribution in [1.82, 2.24) is 15.2 Å². The van der Waals surface area contributed by atoms with Gasteiger partial charge in [0.2, 0.25) is 0 Å². The third-order valence-electron chi connectivity index (χ3n) is 3.77. The molecule has 1 unspecified atom stereocenters. The van der Waals surface area contributed by atoms with Crippen LogP contribution in [0.25, 0.3) is 0 Å². The number of benzene rings is 1. The van der Waals surface area contributed by atoms with E-state index < -0.39 is 0 Å². The molecule has 0 aliphatic carbocycles. The zero-order chi connectivity index (χ0) is 15.4. The van der Waals surface area contributed by atoms with Crippen molar-refractivity contribution >= 4 is 0 Å². The maximum absolute atomic E-state index is 5.88. The highest BCUT2D eigenvalue weighted by Crippen LogP contribution is 2.33. The van der Waals surface area contributed by atoms with Gasteiger partial charge in [-0.15, -0.1) is 0 Å². The number of methoxy groups -OCH3 is 1. The van der Waals surface area contributed by atoms with Crippen molar-refractivity contribution in [2.24, 2.45) is 5.84 Å². The Morgan fingerprint density at radius 3 is 2.52 bits per heavy atom. The van der Waals surface area contributed by atoms with Crippen LogP contribution in [0.5, 0.6) is 5.75 Å². The molecule has 0 fully saturated rings. The quantitative estimate of drug-likeness (QED) is 0.633. The number of nitrogens with one attached hydrogen (secondary N) is 1. The summed E-state index contributed by atoms with van der Waals surface area (Å²) in [5.74, 6) is 6.63. The first kappa shape index (κ1) is 15.5. The molecule has 3 N–H and O–H groups in total. The van der Waals surface area contributed by atoms with Gasteiger partial charge in [0.1, 0.15) is 5.69 Å². The minimum absolute atomic E-state index is 0.143. The Bertz CT molecular complexity index is 586. The van der Waals surface area contributed by atoms with Crippen LogP contribution >= 0.6 is 0 Å². The lowest BCUT2D eigenvalue weighted by molar-refractivity contribution is 0.398. The van der Waals surface area contributed by atoms with Gasteiger partial charge in [-0.3, -0.25) is 10.5 Å². The predicted octanol–water partition coefficient (Wildman–Crippen LogP) is 2.47. The highest BCUT2D eigenvalue weighted by Gasteiger charge is 2.25. The van der Waals surface area contributed by atoms with Crippen molar-refractivity contribution in [3.05, 3.63) is 46.8 Å². The number of rotatable bonds is 6. The van der Waals surface area contributed by atoms with E-state index in [9.17, 15) is 0 Å². The number of aryl methyl sites for hydroxylation is 3.